The van der Waals surface area contributed by atoms with Gasteiger partial charge in [0.2, 0.25) is 0 Å². The summed E-state index contributed by atoms with van der Waals surface area (Å²) in [6, 6.07) is 14.0. The second-order valence-corrected chi connectivity index (χ2v) is 5.67. The third-order valence-corrected chi connectivity index (χ3v) is 3.94. The minimum absolute atomic E-state index is 0.0299. The highest BCUT2D eigenvalue weighted by Crippen LogP contribution is 2.38. The Hall–Kier alpha value is -1.52. The van der Waals surface area contributed by atoms with Gasteiger partial charge in [0.25, 0.3) is 0 Å². The van der Waals surface area contributed by atoms with Gasteiger partial charge in [-0.15, -0.1) is 0 Å². The number of ether oxygens (including phenoxy) is 1. The van der Waals surface area contributed by atoms with Gasteiger partial charge in [-0.3, -0.25) is 0 Å². The maximum Gasteiger partial charge on any atom is 0.142 e. The Morgan fingerprint density at radius 2 is 2.00 bits per heavy atom. The maximum atomic E-state index is 9.59. The molecule has 1 heterocycles. The molecule has 1 aliphatic rings. The molecule has 104 valence electrons. The van der Waals surface area contributed by atoms with E-state index in [0.717, 1.165) is 46.7 Å². The van der Waals surface area contributed by atoms with E-state index in [0.29, 0.717) is 0 Å². The largest absolute Gasteiger partial charge is 0.491 e. The Morgan fingerprint density at radius 3 is 2.85 bits per heavy atom. The van der Waals surface area contributed by atoms with E-state index in [1.807, 2.05) is 36.4 Å². The van der Waals surface area contributed by atoms with E-state index in [9.17, 15) is 5.11 Å². The van der Waals surface area contributed by atoms with Gasteiger partial charge in [-0.05, 0) is 30.7 Å². The van der Waals surface area contributed by atoms with Crippen molar-refractivity contribution in [3.8, 4) is 5.75 Å². The third kappa shape index (κ3) is 2.53. The minimum Gasteiger partial charge on any atom is -0.491 e. The number of hydrogen-bond donors (Lipinski definition) is 1. The zero-order valence-corrected chi connectivity index (χ0v) is 12.6. The highest BCUT2D eigenvalue weighted by molar-refractivity contribution is 9.10. The molecular formula is C16H16BrNO2. The first-order chi connectivity index (χ1) is 9.79. The van der Waals surface area contributed by atoms with Crippen molar-refractivity contribution in [2.24, 2.45) is 0 Å². The number of nitrogens with zero attached hydrogens (tertiary/aromatic N) is 1. The highest BCUT2D eigenvalue weighted by atomic mass is 79.9. The zero-order chi connectivity index (χ0) is 13.9. The molecular weight excluding hydrogens is 318 g/mol. The van der Waals surface area contributed by atoms with Crippen molar-refractivity contribution in [2.75, 3.05) is 18.1 Å². The molecule has 0 atom stereocenters. The number of benzene rings is 2. The van der Waals surface area contributed by atoms with Crippen LogP contribution in [0.2, 0.25) is 0 Å². The van der Waals surface area contributed by atoms with Crippen LogP contribution in [0.3, 0.4) is 0 Å². The average Bonchev–Trinajstić information content (AvgIpc) is 2.69. The molecule has 2 aromatic carbocycles. The van der Waals surface area contributed by atoms with Crippen molar-refractivity contribution in [3.63, 3.8) is 0 Å². The number of aliphatic hydroxyl groups is 1. The second kappa shape index (κ2) is 5.85. The minimum atomic E-state index is 0.0299. The van der Waals surface area contributed by atoms with Gasteiger partial charge in [0, 0.05) is 22.3 Å². The molecule has 0 amide bonds. The lowest BCUT2D eigenvalue weighted by Gasteiger charge is -2.26. The van der Waals surface area contributed by atoms with Crippen LogP contribution in [0.25, 0.3) is 0 Å². The van der Waals surface area contributed by atoms with Crippen molar-refractivity contribution >= 4 is 27.3 Å². The van der Waals surface area contributed by atoms with Gasteiger partial charge in [-0.1, -0.05) is 34.1 Å². The third-order valence-electron chi connectivity index (χ3n) is 3.45. The SMILES string of the molecule is OCc1ccc(Br)cc1N1CCCOc2ccccc21. The molecule has 0 bridgehead atoms. The Kier molecular flexibility index (Phi) is 3.94. The lowest BCUT2D eigenvalue weighted by molar-refractivity contribution is 0.282. The molecule has 3 nitrogen and oxygen atoms in total. The lowest BCUT2D eigenvalue weighted by Crippen LogP contribution is -2.19. The molecule has 0 saturated heterocycles. The highest BCUT2D eigenvalue weighted by Gasteiger charge is 2.19. The van der Waals surface area contributed by atoms with Crippen molar-refractivity contribution in [3.05, 3.63) is 52.5 Å². The van der Waals surface area contributed by atoms with Gasteiger partial charge in [0.15, 0.2) is 0 Å². The fourth-order valence-electron chi connectivity index (χ4n) is 2.50. The van der Waals surface area contributed by atoms with Crippen LogP contribution in [0.4, 0.5) is 11.4 Å². The summed E-state index contributed by atoms with van der Waals surface area (Å²) in [6.45, 7) is 1.62. The first-order valence-corrected chi connectivity index (χ1v) is 7.47. The first-order valence-electron chi connectivity index (χ1n) is 6.68. The molecule has 4 heteroatoms. The van der Waals surface area contributed by atoms with Crippen molar-refractivity contribution in [1.29, 1.82) is 0 Å². The molecule has 0 fully saturated rings. The standard InChI is InChI=1S/C16H16BrNO2/c17-13-7-6-12(11-19)15(10-13)18-8-3-9-20-16-5-2-1-4-14(16)18/h1-2,4-7,10,19H,3,8-9,11H2. The Labute approximate surface area is 126 Å². The molecule has 0 radical (unpaired) electrons. The molecule has 3 rings (SSSR count). The number of para-hydroxylation sites is 2. The van der Waals surface area contributed by atoms with Crippen LogP contribution in [0.1, 0.15) is 12.0 Å². The molecule has 0 spiro atoms. The Balaban J connectivity index is 2.12. The van der Waals surface area contributed by atoms with E-state index in [1.54, 1.807) is 0 Å². The summed E-state index contributed by atoms with van der Waals surface area (Å²) in [5, 5.41) is 9.59. The average molecular weight is 334 g/mol. The van der Waals surface area contributed by atoms with Gasteiger partial charge in [-0.2, -0.15) is 0 Å². The first kappa shape index (κ1) is 13.5. The number of fused-ring (bicyclic) bond motifs is 1. The summed E-state index contributed by atoms with van der Waals surface area (Å²) >= 11 is 3.51. The number of aliphatic hydroxyl groups excluding tert-OH is 1. The maximum absolute atomic E-state index is 9.59. The predicted octanol–water partition coefficient (Wildman–Crippen LogP) is 3.86. The Bertz CT molecular complexity index is 615. The van der Waals surface area contributed by atoms with Crippen LogP contribution in [0, 0.1) is 0 Å². The van der Waals surface area contributed by atoms with Crippen LogP contribution in [0.5, 0.6) is 5.75 Å². The molecule has 1 aliphatic heterocycles. The van der Waals surface area contributed by atoms with E-state index in [1.165, 1.54) is 0 Å². The van der Waals surface area contributed by atoms with Crippen LogP contribution in [0.15, 0.2) is 46.9 Å². The molecule has 1 N–H and O–H groups in total. The molecule has 0 aliphatic carbocycles. The van der Waals surface area contributed by atoms with Gasteiger partial charge in [0.05, 0.1) is 18.9 Å². The number of hydrogen-bond acceptors (Lipinski definition) is 3. The van der Waals surface area contributed by atoms with E-state index in [-0.39, 0.29) is 6.61 Å². The number of halogens is 1. The normalized spacial score (nSPS) is 14.4. The lowest BCUT2D eigenvalue weighted by atomic mass is 10.1. The van der Waals surface area contributed by atoms with Crippen LogP contribution in [-0.2, 0) is 6.61 Å². The smallest absolute Gasteiger partial charge is 0.142 e. The second-order valence-electron chi connectivity index (χ2n) is 4.75. The fraction of sp³-hybridized carbons (Fsp3) is 0.250. The Morgan fingerprint density at radius 1 is 1.15 bits per heavy atom. The van der Waals surface area contributed by atoms with Gasteiger partial charge < -0.3 is 14.7 Å². The summed E-state index contributed by atoms with van der Waals surface area (Å²) in [5.74, 6) is 0.897. The fourth-order valence-corrected chi connectivity index (χ4v) is 2.85. The van der Waals surface area contributed by atoms with Crippen LogP contribution in [-0.4, -0.2) is 18.3 Å². The van der Waals surface area contributed by atoms with Gasteiger partial charge in [-0.25, -0.2) is 0 Å². The van der Waals surface area contributed by atoms with Crippen LogP contribution >= 0.6 is 15.9 Å². The van der Waals surface area contributed by atoms with E-state index < -0.39 is 0 Å². The zero-order valence-electron chi connectivity index (χ0n) is 11.1. The summed E-state index contributed by atoms with van der Waals surface area (Å²) in [7, 11) is 0. The number of anilines is 2. The quantitative estimate of drug-likeness (QED) is 0.905. The van der Waals surface area contributed by atoms with Gasteiger partial charge in [0.1, 0.15) is 5.75 Å². The van der Waals surface area contributed by atoms with Crippen molar-refractivity contribution < 1.29 is 9.84 Å². The molecule has 0 unspecified atom stereocenters. The topological polar surface area (TPSA) is 32.7 Å². The van der Waals surface area contributed by atoms with E-state index in [2.05, 4.69) is 26.9 Å². The van der Waals surface area contributed by atoms with E-state index in [4.69, 9.17) is 4.74 Å². The number of rotatable bonds is 2. The summed E-state index contributed by atoms with van der Waals surface area (Å²) in [6.07, 6.45) is 0.950. The molecule has 2 aromatic rings. The van der Waals surface area contributed by atoms with Crippen molar-refractivity contribution in [1.82, 2.24) is 0 Å². The summed E-state index contributed by atoms with van der Waals surface area (Å²) in [5.41, 5.74) is 3.00. The summed E-state index contributed by atoms with van der Waals surface area (Å²) in [4.78, 5) is 2.22. The predicted molar refractivity (Wildman–Crippen MR) is 83.6 cm³/mol. The van der Waals surface area contributed by atoms with Crippen LogP contribution < -0.4 is 9.64 Å². The molecule has 20 heavy (non-hydrogen) atoms. The van der Waals surface area contributed by atoms with Crippen molar-refractivity contribution in [2.45, 2.75) is 13.0 Å². The van der Waals surface area contributed by atoms with E-state index >= 15 is 0 Å². The molecule has 0 saturated carbocycles. The molecule has 0 aromatic heterocycles. The summed E-state index contributed by atoms with van der Waals surface area (Å²) < 4.78 is 6.79. The van der Waals surface area contributed by atoms with Gasteiger partial charge >= 0.3 is 0 Å². The monoisotopic (exact) mass is 333 g/mol.